The van der Waals surface area contributed by atoms with E-state index < -0.39 is 17.7 Å². The van der Waals surface area contributed by atoms with Gasteiger partial charge in [-0.15, -0.1) is 0 Å². The maximum Gasteiger partial charge on any atom is 0.270 e. The normalized spacial score (nSPS) is 22.7. The average molecular weight is 468 g/mol. The van der Waals surface area contributed by atoms with Crippen molar-refractivity contribution in [3.05, 3.63) is 116 Å². The molecule has 0 aliphatic carbocycles. The van der Waals surface area contributed by atoms with Gasteiger partial charge >= 0.3 is 0 Å². The summed E-state index contributed by atoms with van der Waals surface area (Å²) in [7, 11) is 0. The quantitative estimate of drug-likeness (QED) is 0.502. The highest BCUT2D eigenvalue weighted by Gasteiger charge is 2.55. The Bertz CT molecular complexity index is 1580. The highest BCUT2D eigenvalue weighted by atomic mass is 32.1. The summed E-state index contributed by atoms with van der Waals surface area (Å²) in [6.45, 7) is 1.82. The Hall–Kier alpha value is -3.97. The van der Waals surface area contributed by atoms with Crippen LogP contribution in [0.25, 0.3) is 6.08 Å². The van der Waals surface area contributed by atoms with E-state index in [2.05, 4.69) is 5.32 Å². The van der Waals surface area contributed by atoms with Crippen LogP contribution in [0.2, 0.25) is 0 Å². The second-order valence-electron chi connectivity index (χ2n) is 8.56. The lowest BCUT2D eigenvalue weighted by atomic mass is 9.80. The van der Waals surface area contributed by atoms with Crippen LogP contribution < -0.4 is 24.9 Å². The Morgan fingerprint density at radius 3 is 2.47 bits per heavy atom. The number of amides is 1. The number of thiazole rings is 1. The number of nitrogens with one attached hydrogen (secondary N) is 1. The molecule has 4 aromatic rings. The van der Waals surface area contributed by atoms with Crippen molar-refractivity contribution in [2.24, 2.45) is 10.9 Å². The van der Waals surface area contributed by atoms with Gasteiger partial charge in [0.1, 0.15) is 11.7 Å². The molecule has 0 radical (unpaired) electrons. The van der Waals surface area contributed by atoms with Crippen molar-refractivity contribution in [1.82, 2.24) is 4.57 Å². The van der Waals surface area contributed by atoms with Crippen molar-refractivity contribution < 1.29 is 9.53 Å². The van der Waals surface area contributed by atoms with Crippen LogP contribution in [0.3, 0.4) is 0 Å². The van der Waals surface area contributed by atoms with Crippen molar-refractivity contribution in [2.75, 3.05) is 5.32 Å². The average Bonchev–Trinajstić information content (AvgIpc) is 3.13. The van der Waals surface area contributed by atoms with Crippen molar-refractivity contribution in [3.8, 4) is 5.75 Å². The molecule has 1 aromatic heterocycles. The number of carbonyl (C=O) groups is 1. The van der Waals surface area contributed by atoms with Gasteiger partial charge in [0.25, 0.3) is 5.56 Å². The smallest absolute Gasteiger partial charge is 0.270 e. The predicted octanol–water partition coefficient (Wildman–Crippen LogP) is 3.32. The van der Waals surface area contributed by atoms with Crippen LogP contribution in [0, 0.1) is 5.92 Å². The number of rotatable bonds is 3. The first kappa shape index (κ1) is 20.6. The van der Waals surface area contributed by atoms with Crippen LogP contribution in [0.5, 0.6) is 5.75 Å². The number of anilines is 1. The molecular weight excluding hydrogens is 446 g/mol. The summed E-state index contributed by atoms with van der Waals surface area (Å²) in [5.41, 5.74) is 1.11. The van der Waals surface area contributed by atoms with Crippen molar-refractivity contribution in [1.29, 1.82) is 0 Å². The lowest BCUT2D eigenvalue weighted by Crippen LogP contribution is -2.59. The molecule has 6 nitrogen and oxygen atoms in total. The topological polar surface area (TPSA) is 72.7 Å². The largest absolute Gasteiger partial charge is 0.465 e. The molecule has 3 aromatic carbocycles. The molecule has 2 bridgehead atoms. The molecule has 3 atom stereocenters. The molecule has 0 unspecified atom stereocenters. The number of ether oxygens (including phenoxy) is 1. The number of para-hydroxylation sites is 2. The maximum absolute atomic E-state index is 13.7. The molecule has 168 valence electrons. The molecule has 2 aliphatic heterocycles. The first-order valence-corrected chi connectivity index (χ1v) is 11.9. The third kappa shape index (κ3) is 3.28. The number of hydrogen-bond donors (Lipinski definition) is 1. The Labute approximate surface area is 199 Å². The Kier molecular flexibility index (Phi) is 4.74. The van der Waals surface area contributed by atoms with Gasteiger partial charge in [-0.3, -0.25) is 14.2 Å². The molecule has 34 heavy (non-hydrogen) atoms. The molecule has 6 rings (SSSR count). The first-order valence-electron chi connectivity index (χ1n) is 11.1. The van der Waals surface area contributed by atoms with E-state index in [-0.39, 0.29) is 11.5 Å². The highest BCUT2D eigenvalue weighted by Crippen LogP contribution is 2.47. The van der Waals surface area contributed by atoms with Gasteiger partial charge in [-0.05, 0) is 36.8 Å². The number of aromatic nitrogens is 1. The van der Waals surface area contributed by atoms with E-state index >= 15 is 0 Å². The fraction of sp³-hybridized carbons (Fsp3) is 0.148. The van der Waals surface area contributed by atoms with Crippen LogP contribution in [0.4, 0.5) is 5.69 Å². The zero-order valence-electron chi connectivity index (χ0n) is 18.3. The minimum absolute atomic E-state index is 0.158. The second-order valence-corrected chi connectivity index (χ2v) is 9.57. The minimum Gasteiger partial charge on any atom is -0.465 e. The summed E-state index contributed by atoms with van der Waals surface area (Å²) < 4.78 is 8.57. The van der Waals surface area contributed by atoms with Crippen molar-refractivity contribution in [2.45, 2.75) is 18.7 Å². The fourth-order valence-electron chi connectivity index (χ4n) is 4.79. The molecule has 1 amide bonds. The van der Waals surface area contributed by atoms with Crippen LogP contribution in [0.15, 0.2) is 94.7 Å². The Balaban J connectivity index is 1.55. The van der Waals surface area contributed by atoms with Crippen LogP contribution in [-0.2, 0) is 4.79 Å². The lowest BCUT2D eigenvalue weighted by Gasteiger charge is -2.45. The highest BCUT2D eigenvalue weighted by molar-refractivity contribution is 7.07. The first-order chi connectivity index (χ1) is 16.5. The molecule has 0 saturated carbocycles. The number of fused-ring (bicyclic) bond motifs is 6. The summed E-state index contributed by atoms with van der Waals surface area (Å²) in [5.74, 6) is -0.332. The molecule has 3 heterocycles. The van der Waals surface area contributed by atoms with Crippen molar-refractivity contribution >= 4 is 29.0 Å². The second kappa shape index (κ2) is 7.81. The van der Waals surface area contributed by atoms with Crippen LogP contribution >= 0.6 is 11.3 Å². The molecule has 7 heteroatoms. The molecule has 1 N–H and O–H groups in total. The van der Waals surface area contributed by atoms with E-state index in [4.69, 9.17) is 9.73 Å². The number of benzene rings is 3. The summed E-state index contributed by atoms with van der Waals surface area (Å²) in [6, 6.07) is 26.0. The van der Waals surface area contributed by atoms with Gasteiger partial charge in [0, 0.05) is 11.3 Å². The molecule has 0 fully saturated rings. The summed E-state index contributed by atoms with van der Waals surface area (Å²) in [4.78, 5) is 32.7. The van der Waals surface area contributed by atoms with E-state index in [9.17, 15) is 9.59 Å². The number of hydrogen-bond acceptors (Lipinski definition) is 5. The monoisotopic (exact) mass is 467 g/mol. The SMILES string of the molecule is C[C@@]12N=c3s/c(=C/c4ccccc4)c(=O)n3[C@H](c3ccccc3O1)[C@H]2C(=O)Nc1ccccc1. The van der Waals surface area contributed by atoms with Gasteiger partial charge < -0.3 is 10.1 Å². The maximum atomic E-state index is 13.7. The molecule has 0 saturated heterocycles. The van der Waals surface area contributed by atoms with Gasteiger partial charge in [-0.25, -0.2) is 4.99 Å². The third-order valence-electron chi connectivity index (χ3n) is 6.30. The standard InChI is InChI=1S/C27H21N3O3S/c1-27-22(24(31)28-18-12-6-3-7-13-18)23(19-14-8-9-15-20(19)33-27)30-25(32)21(34-26(30)29-27)16-17-10-4-2-5-11-17/h2-16,22-23H,1H3,(H,28,31)/b21-16+/t22-,23+,27+/m0/s1. The summed E-state index contributed by atoms with van der Waals surface area (Å²) in [6.07, 6.45) is 1.87. The van der Waals surface area contributed by atoms with E-state index in [1.807, 2.05) is 97.9 Å². The van der Waals surface area contributed by atoms with Gasteiger partial charge in [0.2, 0.25) is 11.6 Å². The molecule has 2 aliphatic rings. The Morgan fingerprint density at radius 2 is 1.71 bits per heavy atom. The molecule has 0 spiro atoms. The van der Waals surface area contributed by atoms with Gasteiger partial charge in [-0.2, -0.15) is 0 Å². The number of carbonyl (C=O) groups excluding carboxylic acids is 1. The minimum atomic E-state index is -1.15. The summed E-state index contributed by atoms with van der Waals surface area (Å²) in [5, 5.41) is 2.99. The summed E-state index contributed by atoms with van der Waals surface area (Å²) >= 11 is 1.32. The van der Waals surface area contributed by atoms with Gasteiger partial charge in [0.05, 0.1) is 10.6 Å². The molecular formula is C27H21N3O3S. The van der Waals surface area contributed by atoms with E-state index in [0.717, 1.165) is 11.1 Å². The van der Waals surface area contributed by atoms with Crippen LogP contribution in [0.1, 0.15) is 24.1 Å². The van der Waals surface area contributed by atoms with Gasteiger partial charge in [-0.1, -0.05) is 78.1 Å². The lowest BCUT2D eigenvalue weighted by molar-refractivity contribution is -0.131. The van der Waals surface area contributed by atoms with E-state index in [1.54, 1.807) is 4.57 Å². The third-order valence-corrected chi connectivity index (χ3v) is 7.28. The van der Waals surface area contributed by atoms with E-state index in [0.29, 0.717) is 20.8 Å². The fourth-order valence-corrected chi connectivity index (χ4v) is 5.88. The zero-order valence-corrected chi connectivity index (χ0v) is 19.2. The number of nitrogens with zero attached hydrogens (tertiary/aromatic N) is 2. The van der Waals surface area contributed by atoms with Gasteiger partial charge in [0.15, 0.2) is 4.80 Å². The predicted molar refractivity (Wildman–Crippen MR) is 132 cm³/mol. The zero-order chi connectivity index (χ0) is 23.3. The Morgan fingerprint density at radius 1 is 1.03 bits per heavy atom. The van der Waals surface area contributed by atoms with Crippen LogP contribution in [-0.4, -0.2) is 16.2 Å². The van der Waals surface area contributed by atoms with Crippen molar-refractivity contribution in [3.63, 3.8) is 0 Å². The van der Waals surface area contributed by atoms with E-state index in [1.165, 1.54) is 11.3 Å².